The van der Waals surface area contributed by atoms with E-state index in [9.17, 15) is 23.1 Å². The van der Waals surface area contributed by atoms with Crippen molar-refractivity contribution < 1.29 is 37.7 Å². The van der Waals surface area contributed by atoms with Crippen LogP contribution in [-0.2, 0) is 22.7 Å². The summed E-state index contributed by atoms with van der Waals surface area (Å²) in [5, 5.41) is 24.5. The third-order valence-corrected chi connectivity index (χ3v) is 7.02. The lowest BCUT2D eigenvalue weighted by Crippen LogP contribution is -2.32. The molecular weight excluding hydrogens is 533 g/mol. The number of halogens is 3. The molecular formula is C23H27F3N4O5S2. The molecule has 1 fully saturated rings. The van der Waals surface area contributed by atoms with Crippen molar-refractivity contribution in [2.24, 2.45) is 0 Å². The summed E-state index contributed by atoms with van der Waals surface area (Å²) in [6, 6.07) is 9.61. The number of anilines is 1. The van der Waals surface area contributed by atoms with Crippen LogP contribution in [0.15, 0.2) is 35.7 Å². The van der Waals surface area contributed by atoms with Crippen molar-refractivity contribution in [3.05, 3.63) is 52.0 Å². The fourth-order valence-corrected chi connectivity index (χ4v) is 5.06. The van der Waals surface area contributed by atoms with Crippen LogP contribution < -0.4 is 5.32 Å². The molecule has 3 aromatic rings. The summed E-state index contributed by atoms with van der Waals surface area (Å²) in [6.07, 6.45) is -4.63. The Morgan fingerprint density at radius 2 is 1.92 bits per heavy atom. The third kappa shape index (κ3) is 9.07. The first kappa shape index (κ1) is 30.2. The zero-order chi connectivity index (χ0) is 27.4. The van der Waals surface area contributed by atoms with Gasteiger partial charge in [0, 0.05) is 31.4 Å². The molecule has 0 saturated carbocycles. The molecule has 1 aliphatic rings. The molecule has 3 heterocycles. The Bertz CT molecular complexity index is 1110. The van der Waals surface area contributed by atoms with E-state index in [1.165, 1.54) is 27.6 Å². The summed E-state index contributed by atoms with van der Waals surface area (Å²) >= 11 is 2.85. The van der Waals surface area contributed by atoms with Crippen LogP contribution in [0.1, 0.15) is 28.6 Å². The van der Waals surface area contributed by atoms with Crippen LogP contribution in [0, 0.1) is 0 Å². The second kappa shape index (κ2) is 14.6. The summed E-state index contributed by atoms with van der Waals surface area (Å²) < 4.78 is 40.1. The van der Waals surface area contributed by atoms with E-state index in [-0.39, 0.29) is 19.1 Å². The minimum atomic E-state index is -4.48. The average Bonchev–Trinajstić information content (AvgIpc) is 3.68. The van der Waals surface area contributed by atoms with Crippen LogP contribution in [0.3, 0.4) is 0 Å². The molecule has 4 rings (SSSR count). The van der Waals surface area contributed by atoms with Crippen LogP contribution in [0.4, 0.5) is 23.1 Å². The summed E-state index contributed by atoms with van der Waals surface area (Å²) in [4.78, 5) is 30.1. The minimum absolute atomic E-state index is 0.110. The normalized spacial score (nSPS) is 14.8. The molecule has 0 bridgehead atoms. The fourth-order valence-electron chi connectivity index (χ4n) is 3.43. The van der Waals surface area contributed by atoms with Crippen molar-refractivity contribution in [3.8, 4) is 10.6 Å². The first-order chi connectivity index (χ1) is 17.7. The summed E-state index contributed by atoms with van der Waals surface area (Å²) in [7, 11) is 1.81. The number of aliphatic hydroxyl groups excluding tert-OH is 2. The highest BCUT2D eigenvalue weighted by molar-refractivity contribution is 7.16. The Morgan fingerprint density at radius 3 is 2.49 bits per heavy atom. The number of hydrogen-bond donors (Lipinski definition) is 3. The molecule has 0 aliphatic carbocycles. The van der Waals surface area contributed by atoms with Crippen LogP contribution in [-0.4, -0.2) is 70.9 Å². The van der Waals surface area contributed by atoms with E-state index in [1.807, 2.05) is 42.5 Å². The first-order valence-corrected chi connectivity index (χ1v) is 12.6. The number of nitrogens with zero attached hydrogens (tertiary/aromatic N) is 3. The number of amides is 1. The van der Waals surface area contributed by atoms with E-state index in [0.717, 1.165) is 27.7 Å². The Morgan fingerprint density at radius 1 is 1.22 bits per heavy atom. The van der Waals surface area contributed by atoms with E-state index in [4.69, 9.17) is 9.90 Å². The van der Waals surface area contributed by atoms with Crippen molar-refractivity contribution in [2.75, 3.05) is 32.1 Å². The molecule has 14 heteroatoms. The quantitative estimate of drug-likeness (QED) is 0.408. The lowest BCUT2D eigenvalue weighted by molar-refractivity contribution is -0.162. The number of aromatic nitrogens is 2. The molecule has 1 atom stereocenters. The van der Waals surface area contributed by atoms with Gasteiger partial charge in [-0.25, -0.2) is 14.8 Å². The van der Waals surface area contributed by atoms with Gasteiger partial charge < -0.3 is 30.0 Å². The van der Waals surface area contributed by atoms with Crippen molar-refractivity contribution >= 4 is 40.7 Å². The predicted molar refractivity (Wildman–Crippen MR) is 135 cm³/mol. The SMILES string of the molecule is C=O.CNc1nc(-c2sc(CO)nc2CO)cs1.O=C(OCC(F)(F)F)N1CC[C@@H](c2ccccc2)C1. The lowest BCUT2D eigenvalue weighted by Gasteiger charge is -2.17. The highest BCUT2D eigenvalue weighted by atomic mass is 32.1. The third-order valence-electron chi connectivity index (χ3n) is 5.05. The predicted octanol–water partition coefficient (Wildman–Crippen LogP) is 4.28. The number of aliphatic hydroxyl groups is 2. The van der Waals surface area contributed by atoms with E-state index in [0.29, 0.717) is 23.8 Å². The van der Waals surface area contributed by atoms with Crippen LogP contribution >= 0.6 is 22.7 Å². The standard InChI is InChI=1S/C13H14F3NO2.C9H11N3O2S2.CH2O/c14-13(15,16)9-19-12(18)17-7-6-11(8-17)10-4-2-1-3-5-10;1-10-9-12-6(4-15-9)8-5(2-13)11-7(3-14)16-8;1-2/h1-5,11H,6-9H2;4,13-14H,2-3H2,1H3,(H,10,12);1H2/t11-;;/m1../s1. The lowest BCUT2D eigenvalue weighted by atomic mass is 9.99. The second-order valence-electron chi connectivity index (χ2n) is 7.50. The molecule has 0 radical (unpaired) electrons. The molecule has 202 valence electrons. The van der Waals surface area contributed by atoms with Gasteiger partial charge in [0.15, 0.2) is 11.7 Å². The fraction of sp³-hybridized carbons (Fsp3) is 0.391. The maximum Gasteiger partial charge on any atom is 0.422 e. The van der Waals surface area contributed by atoms with Crippen LogP contribution in [0.25, 0.3) is 10.6 Å². The first-order valence-electron chi connectivity index (χ1n) is 10.9. The van der Waals surface area contributed by atoms with Gasteiger partial charge in [-0.1, -0.05) is 30.3 Å². The molecule has 2 aromatic heterocycles. The minimum Gasteiger partial charge on any atom is -0.440 e. The number of alkyl halides is 3. The van der Waals surface area contributed by atoms with Gasteiger partial charge >= 0.3 is 12.3 Å². The van der Waals surface area contributed by atoms with Crippen molar-refractivity contribution in [2.45, 2.75) is 31.7 Å². The Kier molecular flexibility index (Phi) is 11.9. The van der Waals surface area contributed by atoms with E-state index < -0.39 is 18.9 Å². The highest BCUT2D eigenvalue weighted by Crippen LogP contribution is 2.32. The molecule has 9 nitrogen and oxygen atoms in total. The van der Waals surface area contributed by atoms with Gasteiger partial charge in [0.2, 0.25) is 0 Å². The summed E-state index contributed by atoms with van der Waals surface area (Å²) in [5.74, 6) is 0.166. The number of carbonyl (C=O) groups is 2. The molecule has 1 aliphatic heterocycles. The number of hydrogen-bond acceptors (Lipinski definition) is 10. The topological polar surface area (TPSA) is 125 Å². The van der Waals surface area contributed by atoms with Gasteiger partial charge in [0.25, 0.3) is 0 Å². The van der Waals surface area contributed by atoms with Gasteiger partial charge in [-0.15, -0.1) is 22.7 Å². The number of nitrogens with one attached hydrogen (secondary N) is 1. The number of ether oxygens (including phenoxy) is 1. The Labute approximate surface area is 219 Å². The second-order valence-corrected chi connectivity index (χ2v) is 9.44. The summed E-state index contributed by atoms with van der Waals surface area (Å²) in [5.41, 5.74) is 2.45. The largest absolute Gasteiger partial charge is 0.440 e. The molecule has 3 N–H and O–H groups in total. The van der Waals surface area contributed by atoms with Gasteiger partial charge in [-0.2, -0.15) is 13.2 Å². The van der Waals surface area contributed by atoms with E-state index >= 15 is 0 Å². The Balaban J connectivity index is 0.000000247. The Hall–Kier alpha value is -3.07. The smallest absolute Gasteiger partial charge is 0.422 e. The molecule has 37 heavy (non-hydrogen) atoms. The average molecular weight is 561 g/mol. The molecule has 0 spiro atoms. The van der Waals surface area contributed by atoms with Crippen molar-refractivity contribution in [1.82, 2.24) is 14.9 Å². The molecule has 1 saturated heterocycles. The number of thiazole rings is 2. The zero-order valence-electron chi connectivity index (χ0n) is 19.9. The van der Waals surface area contributed by atoms with Gasteiger partial charge in [-0.3, -0.25) is 0 Å². The molecule has 0 unspecified atom stereocenters. The van der Waals surface area contributed by atoms with Crippen molar-refractivity contribution in [1.29, 1.82) is 0 Å². The maximum atomic E-state index is 11.9. The number of carbonyl (C=O) groups excluding carboxylic acids is 2. The maximum absolute atomic E-state index is 11.9. The van der Waals surface area contributed by atoms with E-state index in [2.05, 4.69) is 20.0 Å². The van der Waals surface area contributed by atoms with E-state index in [1.54, 1.807) is 7.05 Å². The number of likely N-dealkylation sites (tertiary alicyclic amines) is 1. The van der Waals surface area contributed by atoms with Gasteiger partial charge in [0.05, 0.1) is 29.5 Å². The van der Waals surface area contributed by atoms with Crippen molar-refractivity contribution in [3.63, 3.8) is 0 Å². The zero-order valence-corrected chi connectivity index (χ0v) is 21.5. The number of benzene rings is 1. The molecule has 1 amide bonds. The highest BCUT2D eigenvalue weighted by Gasteiger charge is 2.33. The van der Waals surface area contributed by atoms with Crippen LogP contribution in [0.2, 0.25) is 0 Å². The summed E-state index contributed by atoms with van der Waals surface area (Å²) in [6.45, 7) is 1.05. The van der Waals surface area contributed by atoms with Gasteiger partial charge in [-0.05, 0) is 12.0 Å². The van der Waals surface area contributed by atoms with Crippen LogP contribution in [0.5, 0.6) is 0 Å². The monoisotopic (exact) mass is 560 g/mol. The molecule has 1 aromatic carbocycles. The number of rotatable bonds is 6. The van der Waals surface area contributed by atoms with Gasteiger partial charge in [0.1, 0.15) is 11.8 Å².